The molecule has 0 fully saturated rings. The Balaban J connectivity index is 2.74. The summed E-state index contributed by atoms with van der Waals surface area (Å²) in [5, 5.41) is 7.28. The third kappa shape index (κ3) is 1.72. The Labute approximate surface area is 101 Å². The van der Waals surface area contributed by atoms with Crippen LogP contribution < -0.4 is 5.73 Å². The van der Waals surface area contributed by atoms with Gasteiger partial charge >= 0.3 is 6.18 Å². The number of hydrogen-bond donors (Lipinski definition) is 1. The average Bonchev–Trinajstić information content (AvgIpc) is 2.59. The van der Waals surface area contributed by atoms with Crippen molar-refractivity contribution in [1.82, 2.24) is 19.6 Å². The molecular weight excluding hydrogens is 247 g/mol. The van der Waals surface area contributed by atoms with E-state index in [1.807, 2.05) is 0 Å². The summed E-state index contributed by atoms with van der Waals surface area (Å²) < 4.78 is 39.9. The van der Waals surface area contributed by atoms with Crippen LogP contribution in [0, 0.1) is 13.8 Å². The number of aromatic nitrogens is 4. The minimum absolute atomic E-state index is 0.302. The van der Waals surface area contributed by atoms with Crippen molar-refractivity contribution >= 4 is 5.65 Å². The molecule has 18 heavy (non-hydrogen) atoms. The fourth-order valence-electron chi connectivity index (χ4n) is 1.70. The number of nitrogens with zero attached hydrogens (tertiary/aromatic N) is 4. The predicted octanol–water partition coefficient (Wildman–Crippen LogP) is 1.48. The number of rotatable bonds is 1. The van der Waals surface area contributed by atoms with E-state index in [-0.39, 0.29) is 5.82 Å². The minimum atomic E-state index is -4.62. The van der Waals surface area contributed by atoms with Gasteiger partial charge in [-0.05, 0) is 20.8 Å². The monoisotopic (exact) mass is 259 g/mol. The van der Waals surface area contributed by atoms with E-state index in [9.17, 15) is 13.2 Å². The van der Waals surface area contributed by atoms with E-state index in [4.69, 9.17) is 5.73 Å². The second-order valence-corrected chi connectivity index (χ2v) is 4.36. The first-order valence-corrected chi connectivity index (χ1v) is 5.20. The molecule has 1 unspecified atom stereocenters. The maximum absolute atomic E-state index is 12.9. The highest BCUT2D eigenvalue weighted by Gasteiger charge is 2.52. The lowest BCUT2D eigenvalue weighted by atomic mass is 10.0. The maximum atomic E-state index is 12.9. The molecule has 0 aliphatic heterocycles. The topological polar surface area (TPSA) is 69.1 Å². The van der Waals surface area contributed by atoms with Crippen LogP contribution in [0.2, 0.25) is 0 Å². The van der Waals surface area contributed by atoms with Gasteiger partial charge in [0.2, 0.25) is 0 Å². The predicted molar refractivity (Wildman–Crippen MR) is 57.9 cm³/mol. The number of fused-ring (bicyclic) bond motifs is 1. The SMILES string of the molecule is Cc1cc2nnc(C(C)(N)C(F)(F)F)n2c(C)n1. The molecule has 0 amide bonds. The Morgan fingerprint density at radius 2 is 1.83 bits per heavy atom. The molecule has 5 nitrogen and oxygen atoms in total. The number of hydrogen-bond acceptors (Lipinski definition) is 4. The van der Waals surface area contributed by atoms with Crippen LogP contribution in [0.3, 0.4) is 0 Å². The molecule has 0 aliphatic carbocycles. The zero-order valence-electron chi connectivity index (χ0n) is 10.1. The molecule has 2 heterocycles. The number of aryl methyl sites for hydroxylation is 2. The average molecular weight is 259 g/mol. The zero-order chi connectivity index (χ0) is 13.7. The van der Waals surface area contributed by atoms with Crippen molar-refractivity contribution in [2.75, 3.05) is 0 Å². The molecule has 0 spiro atoms. The van der Waals surface area contributed by atoms with E-state index in [0.717, 1.165) is 6.92 Å². The molecule has 98 valence electrons. The normalized spacial score (nSPS) is 15.9. The fraction of sp³-hybridized carbons (Fsp3) is 0.500. The van der Waals surface area contributed by atoms with Crippen molar-refractivity contribution in [3.8, 4) is 0 Å². The number of nitrogens with two attached hydrogens (primary N) is 1. The van der Waals surface area contributed by atoms with Crippen LogP contribution in [-0.4, -0.2) is 25.8 Å². The van der Waals surface area contributed by atoms with Crippen LogP contribution in [0.15, 0.2) is 6.07 Å². The summed E-state index contributed by atoms with van der Waals surface area (Å²) in [6.45, 7) is 4.18. The van der Waals surface area contributed by atoms with E-state index < -0.39 is 11.7 Å². The second kappa shape index (κ2) is 3.64. The number of halogens is 3. The first-order chi connectivity index (χ1) is 8.14. The highest BCUT2D eigenvalue weighted by molar-refractivity contribution is 5.41. The van der Waals surface area contributed by atoms with E-state index in [1.54, 1.807) is 19.9 Å². The van der Waals surface area contributed by atoms with Crippen LogP contribution in [0.25, 0.3) is 5.65 Å². The molecule has 8 heteroatoms. The smallest absolute Gasteiger partial charge is 0.311 e. The second-order valence-electron chi connectivity index (χ2n) is 4.36. The lowest BCUT2D eigenvalue weighted by Crippen LogP contribution is -2.49. The Bertz CT molecular complexity index is 599. The fourth-order valence-corrected chi connectivity index (χ4v) is 1.70. The summed E-state index contributed by atoms with van der Waals surface area (Å²) in [5.74, 6) is 0.000856. The van der Waals surface area contributed by atoms with Gasteiger partial charge in [-0.3, -0.25) is 4.40 Å². The molecule has 0 saturated carbocycles. The molecule has 0 saturated heterocycles. The summed E-state index contributed by atoms with van der Waals surface area (Å²) in [5.41, 5.74) is 3.74. The van der Waals surface area contributed by atoms with E-state index in [2.05, 4.69) is 15.2 Å². The molecule has 2 aromatic rings. The van der Waals surface area contributed by atoms with Crippen molar-refractivity contribution in [3.63, 3.8) is 0 Å². The van der Waals surface area contributed by atoms with Gasteiger partial charge in [0, 0.05) is 11.8 Å². The highest BCUT2D eigenvalue weighted by Crippen LogP contribution is 2.35. The summed E-state index contributed by atoms with van der Waals surface area (Å²) in [6.07, 6.45) is -4.62. The van der Waals surface area contributed by atoms with Crippen LogP contribution >= 0.6 is 0 Å². The largest absolute Gasteiger partial charge is 0.413 e. The molecular formula is C10H12F3N5. The molecule has 0 bridgehead atoms. The van der Waals surface area contributed by atoms with Crippen LogP contribution in [0.4, 0.5) is 13.2 Å². The molecule has 2 aromatic heterocycles. The Morgan fingerprint density at radius 1 is 1.22 bits per heavy atom. The van der Waals surface area contributed by atoms with Gasteiger partial charge in [0.15, 0.2) is 17.0 Å². The first kappa shape index (κ1) is 12.7. The van der Waals surface area contributed by atoms with Gasteiger partial charge in [-0.25, -0.2) is 4.98 Å². The Kier molecular flexibility index (Phi) is 2.58. The summed E-state index contributed by atoms with van der Waals surface area (Å²) >= 11 is 0. The van der Waals surface area contributed by atoms with Gasteiger partial charge in [-0.1, -0.05) is 0 Å². The van der Waals surface area contributed by atoms with Gasteiger partial charge in [0.1, 0.15) is 5.82 Å². The van der Waals surface area contributed by atoms with Crippen molar-refractivity contribution in [3.05, 3.63) is 23.4 Å². The Hall–Kier alpha value is -1.70. The van der Waals surface area contributed by atoms with E-state index in [1.165, 1.54) is 4.40 Å². The van der Waals surface area contributed by atoms with Crippen LogP contribution in [0.5, 0.6) is 0 Å². The van der Waals surface area contributed by atoms with Crippen molar-refractivity contribution < 1.29 is 13.2 Å². The number of alkyl halides is 3. The van der Waals surface area contributed by atoms with Gasteiger partial charge in [-0.15, -0.1) is 10.2 Å². The Morgan fingerprint density at radius 3 is 2.39 bits per heavy atom. The highest BCUT2D eigenvalue weighted by atomic mass is 19.4. The maximum Gasteiger partial charge on any atom is 0.413 e. The standard InChI is InChI=1S/C10H12F3N5/c1-5-4-7-16-17-8(18(7)6(2)15-5)9(3,14)10(11,12)13/h4H,14H2,1-3H3. The quantitative estimate of drug-likeness (QED) is 0.842. The van der Waals surface area contributed by atoms with Crippen LogP contribution in [-0.2, 0) is 5.54 Å². The van der Waals surface area contributed by atoms with Gasteiger partial charge < -0.3 is 5.73 Å². The molecule has 0 radical (unpaired) electrons. The van der Waals surface area contributed by atoms with E-state index >= 15 is 0 Å². The molecule has 1 atom stereocenters. The van der Waals surface area contributed by atoms with Crippen LogP contribution in [0.1, 0.15) is 24.3 Å². The van der Waals surface area contributed by atoms with Crippen molar-refractivity contribution in [1.29, 1.82) is 0 Å². The van der Waals surface area contributed by atoms with Gasteiger partial charge in [0.05, 0.1) is 0 Å². The van der Waals surface area contributed by atoms with Crippen molar-refractivity contribution in [2.45, 2.75) is 32.5 Å². The lowest BCUT2D eigenvalue weighted by Gasteiger charge is -2.25. The third-order valence-corrected chi connectivity index (χ3v) is 2.74. The summed E-state index contributed by atoms with van der Waals surface area (Å²) in [7, 11) is 0. The third-order valence-electron chi connectivity index (χ3n) is 2.74. The van der Waals surface area contributed by atoms with Gasteiger partial charge in [-0.2, -0.15) is 13.2 Å². The zero-order valence-corrected chi connectivity index (χ0v) is 10.1. The molecule has 0 aliphatic rings. The first-order valence-electron chi connectivity index (χ1n) is 5.20. The van der Waals surface area contributed by atoms with Gasteiger partial charge in [0.25, 0.3) is 0 Å². The molecule has 0 aromatic carbocycles. The molecule has 2 rings (SSSR count). The summed E-state index contributed by atoms with van der Waals surface area (Å²) in [6, 6.07) is 1.55. The van der Waals surface area contributed by atoms with E-state index in [0.29, 0.717) is 17.2 Å². The summed E-state index contributed by atoms with van der Waals surface area (Å²) in [4.78, 5) is 4.09. The molecule has 2 N–H and O–H groups in total. The minimum Gasteiger partial charge on any atom is -0.311 e. The lowest BCUT2D eigenvalue weighted by molar-refractivity contribution is -0.186. The van der Waals surface area contributed by atoms with Crippen molar-refractivity contribution in [2.24, 2.45) is 5.73 Å².